The Morgan fingerprint density at radius 3 is 2.18 bits per heavy atom. The molecule has 2 saturated heterocycles. The van der Waals surface area contributed by atoms with E-state index < -0.39 is 24.3 Å². The molecule has 2 aliphatic rings. The minimum absolute atomic E-state index is 0.287. The van der Waals surface area contributed by atoms with Crippen molar-refractivity contribution in [3.05, 3.63) is 41.9 Å². The zero-order chi connectivity index (χ0) is 29.4. The molecule has 10 nitrogen and oxygen atoms in total. The van der Waals surface area contributed by atoms with E-state index in [0.717, 1.165) is 50.1 Å². The molecule has 1 atom stereocenters. The van der Waals surface area contributed by atoms with E-state index >= 15 is 0 Å². The number of carboxylic acid groups (broad SMARTS) is 2. The maximum absolute atomic E-state index is 10.6. The quantitative estimate of drug-likeness (QED) is 0.515. The molecule has 2 aliphatic heterocycles. The summed E-state index contributed by atoms with van der Waals surface area (Å²) in [7, 11) is 2.26. The maximum atomic E-state index is 10.6. The Balaban J connectivity index is 0.000000317. The maximum Gasteiger partial charge on any atom is 0.490 e. The number of ether oxygens (including phenoxy) is 1. The number of aryl methyl sites for hydroxylation is 1. The molecule has 1 spiro atoms. The lowest BCUT2D eigenvalue weighted by Gasteiger charge is -2.58. The highest BCUT2D eigenvalue weighted by Gasteiger charge is 2.49. The van der Waals surface area contributed by atoms with Crippen LogP contribution >= 0.6 is 0 Å². The Hall–Kier alpha value is -3.40. The molecule has 0 bridgehead atoms. The second-order valence-electron chi connectivity index (χ2n) is 9.16. The fraction of sp³-hybridized carbons (Fsp3) is 0.565. The van der Waals surface area contributed by atoms with Crippen LogP contribution in [-0.2, 0) is 16.1 Å². The molecule has 16 heteroatoms. The number of aliphatic carboxylic acids is 2. The van der Waals surface area contributed by atoms with Gasteiger partial charge in [-0.2, -0.15) is 26.3 Å². The number of aromatic nitrogens is 2. The number of piperidine rings is 1. The highest BCUT2D eigenvalue weighted by molar-refractivity contribution is 5.73. The lowest BCUT2D eigenvalue weighted by molar-refractivity contribution is -0.193. The van der Waals surface area contributed by atoms with Gasteiger partial charge in [0.15, 0.2) is 0 Å². The summed E-state index contributed by atoms with van der Waals surface area (Å²) in [5.41, 5.74) is 1.32. The molecular formula is C23H28F6N4O6. The molecule has 0 radical (unpaired) electrons. The fourth-order valence-corrected chi connectivity index (χ4v) is 4.18. The van der Waals surface area contributed by atoms with E-state index in [1.165, 1.54) is 12.8 Å². The van der Waals surface area contributed by atoms with Crippen LogP contribution in [0.15, 0.2) is 35.0 Å². The molecule has 0 aromatic carbocycles. The van der Waals surface area contributed by atoms with Gasteiger partial charge in [0.05, 0.1) is 12.3 Å². The van der Waals surface area contributed by atoms with Crippen molar-refractivity contribution < 1.29 is 55.4 Å². The van der Waals surface area contributed by atoms with E-state index in [4.69, 9.17) is 29.1 Å². The topological polar surface area (TPSA) is 129 Å². The molecule has 4 heterocycles. The van der Waals surface area contributed by atoms with Gasteiger partial charge in [0.2, 0.25) is 5.88 Å². The van der Waals surface area contributed by atoms with Crippen LogP contribution in [0.4, 0.5) is 26.3 Å². The number of pyridine rings is 1. The number of likely N-dealkylation sites (tertiary alicyclic amines) is 2. The van der Waals surface area contributed by atoms with Gasteiger partial charge in [-0.05, 0) is 45.3 Å². The molecule has 0 amide bonds. The molecule has 1 unspecified atom stereocenters. The molecule has 2 N–H and O–H groups in total. The van der Waals surface area contributed by atoms with Crippen molar-refractivity contribution in [1.29, 1.82) is 0 Å². The average molecular weight is 570 g/mol. The number of carboxylic acids is 2. The van der Waals surface area contributed by atoms with Crippen LogP contribution in [0.3, 0.4) is 0 Å². The van der Waals surface area contributed by atoms with Gasteiger partial charge in [-0.3, -0.25) is 9.80 Å². The SMILES string of the molecule is Cc1cc(CN2CC3(CC(COc4ccccn4)CCN3C)C2)no1.O=C(O)C(F)(F)F.O=C(O)C(F)(F)F. The summed E-state index contributed by atoms with van der Waals surface area (Å²) in [4.78, 5) is 27.0. The normalized spacial score (nSPS) is 19.1. The van der Waals surface area contributed by atoms with Crippen molar-refractivity contribution >= 4 is 11.9 Å². The van der Waals surface area contributed by atoms with Crippen LogP contribution < -0.4 is 4.74 Å². The largest absolute Gasteiger partial charge is 0.490 e. The van der Waals surface area contributed by atoms with Gasteiger partial charge in [-0.25, -0.2) is 14.6 Å². The molecule has 39 heavy (non-hydrogen) atoms. The number of hydrogen-bond acceptors (Lipinski definition) is 8. The molecule has 0 aliphatic carbocycles. The highest BCUT2D eigenvalue weighted by atomic mass is 19.4. The number of halogens is 6. The summed E-state index contributed by atoms with van der Waals surface area (Å²) >= 11 is 0. The minimum Gasteiger partial charge on any atom is -0.477 e. The second-order valence-corrected chi connectivity index (χ2v) is 9.16. The molecule has 2 aromatic rings. The van der Waals surface area contributed by atoms with E-state index in [0.29, 0.717) is 5.92 Å². The summed E-state index contributed by atoms with van der Waals surface area (Å²) in [5.74, 6) is -3.31. The van der Waals surface area contributed by atoms with Crippen LogP contribution in [0.5, 0.6) is 5.88 Å². The van der Waals surface area contributed by atoms with Gasteiger partial charge in [0.1, 0.15) is 5.76 Å². The average Bonchev–Trinajstić information content (AvgIpc) is 3.23. The van der Waals surface area contributed by atoms with Crippen LogP contribution in [0.1, 0.15) is 24.3 Å². The van der Waals surface area contributed by atoms with Crippen molar-refractivity contribution in [3.63, 3.8) is 0 Å². The smallest absolute Gasteiger partial charge is 0.477 e. The molecule has 4 rings (SSSR count). The van der Waals surface area contributed by atoms with Gasteiger partial charge < -0.3 is 19.5 Å². The summed E-state index contributed by atoms with van der Waals surface area (Å²) in [5, 5.41) is 18.4. The first kappa shape index (κ1) is 31.8. The number of nitrogens with zero attached hydrogens (tertiary/aromatic N) is 4. The van der Waals surface area contributed by atoms with E-state index in [-0.39, 0.29) is 5.54 Å². The molecule has 0 saturated carbocycles. The predicted molar refractivity (Wildman–Crippen MR) is 122 cm³/mol. The highest BCUT2D eigenvalue weighted by Crippen LogP contribution is 2.39. The lowest BCUT2D eigenvalue weighted by atomic mass is 9.75. The zero-order valence-electron chi connectivity index (χ0n) is 21.0. The monoisotopic (exact) mass is 570 g/mol. The molecule has 2 aromatic heterocycles. The van der Waals surface area contributed by atoms with Crippen LogP contribution in [0, 0.1) is 12.8 Å². The first-order valence-electron chi connectivity index (χ1n) is 11.5. The van der Waals surface area contributed by atoms with Crippen molar-refractivity contribution in [2.24, 2.45) is 5.92 Å². The Morgan fingerprint density at radius 2 is 1.72 bits per heavy atom. The van der Waals surface area contributed by atoms with Gasteiger partial charge in [-0.1, -0.05) is 11.2 Å². The second kappa shape index (κ2) is 13.1. The van der Waals surface area contributed by atoms with E-state index in [1.54, 1.807) is 6.20 Å². The third-order valence-electron chi connectivity index (χ3n) is 6.04. The van der Waals surface area contributed by atoms with Crippen LogP contribution in [-0.4, -0.2) is 93.3 Å². The Bertz CT molecular complexity index is 1050. The zero-order valence-corrected chi connectivity index (χ0v) is 21.0. The number of rotatable bonds is 5. The fourth-order valence-electron chi connectivity index (χ4n) is 4.18. The third kappa shape index (κ3) is 10.0. The standard InChI is InChI=1S/C19H26N4O2.2C2HF3O2/c1-15-9-17(21-25-15)11-23-13-19(14-23)10-16(6-8-22(19)2)12-24-18-5-3-4-7-20-18;2*3-2(4,5)1(6)7/h3-5,7,9,16H,6,8,10-14H2,1-2H3;2*(H,6,7). The first-order valence-corrected chi connectivity index (χ1v) is 11.5. The van der Waals surface area contributed by atoms with Crippen molar-refractivity contribution in [1.82, 2.24) is 19.9 Å². The van der Waals surface area contributed by atoms with Crippen molar-refractivity contribution in [2.75, 3.05) is 33.3 Å². The van der Waals surface area contributed by atoms with Gasteiger partial charge in [0, 0.05) is 43.5 Å². The van der Waals surface area contributed by atoms with E-state index in [1.807, 2.05) is 31.2 Å². The van der Waals surface area contributed by atoms with Crippen LogP contribution in [0.2, 0.25) is 0 Å². The number of alkyl halides is 6. The van der Waals surface area contributed by atoms with E-state index in [9.17, 15) is 26.3 Å². The van der Waals surface area contributed by atoms with E-state index in [2.05, 4.69) is 27.0 Å². The molecular weight excluding hydrogens is 542 g/mol. The summed E-state index contributed by atoms with van der Waals surface area (Å²) in [6.07, 6.45) is -6.01. The molecule has 218 valence electrons. The minimum atomic E-state index is -5.08. The Labute approximate surface area is 219 Å². The number of hydrogen-bond donors (Lipinski definition) is 2. The predicted octanol–water partition coefficient (Wildman–Crippen LogP) is 3.62. The lowest BCUT2D eigenvalue weighted by Crippen LogP contribution is -2.71. The Kier molecular flexibility index (Phi) is 10.7. The summed E-state index contributed by atoms with van der Waals surface area (Å²) in [6, 6.07) is 7.83. The summed E-state index contributed by atoms with van der Waals surface area (Å²) < 4.78 is 74.5. The van der Waals surface area contributed by atoms with Crippen molar-refractivity contribution in [2.45, 2.75) is 44.2 Å². The van der Waals surface area contributed by atoms with Gasteiger partial charge in [-0.15, -0.1) is 0 Å². The number of carbonyl (C=O) groups is 2. The molecule has 2 fully saturated rings. The first-order chi connectivity index (χ1) is 18.0. The van der Waals surface area contributed by atoms with Gasteiger partial charge >= 0.3 is 24.3 Å². The number of likely N-dealkylation sites (N-methyl/N-ethyl adjacent to an activating group) is 1. The third-order valence-corrected chi connectivity index (χ3v) is 6.04. The van der Waals surface area contributed by atoms with Crippen LogP contribution in [0.25, 0.3) is 0 Å². The van der Waals surface area contributed by atoms with Gasteiger partial charge in [0.25, 0.3) is 0 Å². The summed E-state index contributed by atoms with van der Waals surface area (Å²) in [6.45, 7) is 6.89. The Morgan fingerprint density at radius 1 is 1.13 bits per heavy atom. The van der Waals surface area contributed by atoms with Crippen molar-refractivity contribution in [3.8, 4) is 5.88 Å².